The number of para-hydroxylation sites is 3. The maximum atomic E-state index is 12.5. The van der Waals surface area contributed by atoms with E-state index in [-0.39, 0.29) is 17.3 Å². The summed E-state index contributed by atoms with van der Waals surface area (Å²) in [5, 5.41) is 11.1. The van der Waals surface area contributed by atoms with E-state index in [1.54, 1.807) is 25.3 Å². The fourth-order valence-corrected chi connectivity index (χ4v) is 3.98. The number of carbonyl (C=O) groups excluding carboxylic acids is 1. The molecule has 0 radical (unpaired) electrons. The summed E-state index contributed by atoms with van der Waals surface area (Å²) in [6, 6.07) is 14.3. The van der Waals surface area contributed by atoms with Crippen molar-refractivity contribution in [2.45, 2.75) is 4.90 Å². The molecule has 0 bridgehead atoms. The van der Waals surface area contributed by atoms with Gasteiger partial charge in [-0.05, 0) is 18.2 Å². The van der Waals surface area contributed by atoms with Crippen molar-refractivity contribution in [3.63, 3.8) is 0 Å². The number of piperazine rings is 1. The summed E-state index contributed by atoms with van der Waals surface area (Å²) in [6.07, 6.45) is 0. The van der Waals surface area contributed by atoms with E-state index in [4.69, 9.17) is 4.74 Å². The van der Waals surface area contributed by atoms with Gasteiger partial charge in [-0.15, -0.1) is 11.8 Å². The van der Waals surface area contributed by atoms with Crippen molar-refractivity contribution in [1.29, 1.82) is 0 Å². The molecule has 1 aliphatic heterocycles. The van der Waals surface area contributed by atoms with E-state index >= 15 is 0 Å². The highest BCUT2D eigenvalue weighted by molar-refractivity contribution is 8.00. The third kappa shape index (κ3) is 4.51. The summed E-state index contributed by atoms with van der Waals surface area (Å²) in [5.74, 6) is 1.02. The van der Waals surface area contributed by atoms with Crippen LogP contribution < -0.4 is 9.64 Å². The molecule has 0 aromatic heterocycles. The maximum Gasteiger partial charge on any atom is 0.282 e. The fraction of sp³-hybridized carbons (Fsp3) is 0.316. The zero-order chi connectivity index (χ0) is 19.2. The van der Waals surface area contributed by atoms with Crippen LogP contribution in [0.1, 0.15) is 0 Å². The third-order valence-electron chi connectivity index (χ3n) is 4.47. The number of hydrogen-bond donors (Lipinski definition) is 0. The van der Waals surface area contributed by atoms with Crippen molar-refractivity contribution in [3.05, 3.63) is 58.6 Å². The fourth-order valence-electron chi connectivity index (χ4n) is 3.05. The smallest absolute Gasteiger partial charge is 0.282 e. The molecule has 1 fully saturated rings. The van der Waals surface area contributed by atoms with E-state index in [2.05, 4.69) is 4.90 Å². The van der Waals surface area contributed by atoms with E-state index in [1.807, 2.05) is 29.2 Å². The van der Waals surface area contributed by atoms with Crippen LogP contribution in [-0.4, -0.2) is 54.8 Å². The lowest BCUT2D eigenvalue weighted by Crippen LogP contribution is -2.49. The van der Waals surface area contributed by atoms with Crippen molar-refractivity contribution in [2.75, 3.05) is 43.9 Å². The van der Waals surface area contributed by atoms with Crippen molar-refractivity contribution in [2.24, 2.45) is 0 Å². The summed E-state index contributed by atoms with van der Waals surface area (Å²) < 4.78 is 5.41. The van der Waals surface area contributed by atoms with Crippen LogP contribution in [0.25, 0.3) is 0 Å². The molecule has 142 valence electrons. The largest absolute Gasteiger partial charge is 0.495 e. The number of amides is 1. The number of thioether (sulfide) groups is 1. The van der Waals surface area contributed by atoms with Gasteiger partial charge in [0.05, 0.1) is 28.4 Å². The lowest BCUT2D eigenvalue weighted by atomic mass is 10.2. The van der Waals surface area contributed by atoms with Crippen LogP contribution >= 0.6 is 11.8 Å². The van der Waals surface area contributed by atoms with Gasteiger partial charge in [0.15, 0.2) is 0 Å². The third-order valence-corrected chi connectivity index (χ3v) is 5.52. The first-order valence-corrected chi connectivity index (χ1v) is 9.60. The molecule has 7 nitrogen and oxygen atoms in total. The second-order valence-corrected chi connectivity index (χ2v) is 7.07. The minimum Gasteiger partial charge on any atom is -0.495 e. The van der Waals surface area contributed by atoms with Crippen LogP contribution in [0.5, 0.6) is 5.75 Å². The molecule has 3 rings (SSSR count). The highest BCUT2D eigenvalue weighted by Gasteiger charge is 2.23. The SMILES string of the molecule is COc1ccccc1N1CCN(C(=O)CSc2ccccc2[N+](=O)[O-])CC1. The average Bonchev–Trinajstić information content (AvgIpc) is 2.72. The van der Waals surface area contributed by atoms with E-state index in [0.29, 0.717) is 18.0 Å². The highest BCUT2D eigenvalue weighted by atomic mass is 32.2. The Morgan fingerprint density at radius 3 is 2.48 bits per heavy atom. The van der Waals surface area contributed by atoms with Gasteiger partial charge in [-0.25, -0.2) is 0 Å². The summed E-state index contributed by atoms with van der Waals surface area (Å²) in [4.78, 5) is 27.7. The Balaban J connectivity index is 1.55. The molecule has 0 N–H and O–H groups in total. The number of benzene rings is 2. The van der Waals surface area contributed by atoms with E-state index in [9.17, 15) is 14.9 Å². The molecule has 2 aromatic carbocycles. The molecule has 8 heteroatoms. The topological polar surface area (TPSA) is 75.9 Å². The molecule has 1 amide bonds. The lowest BCUT2D eigenvalue weighted by Gasteiger charge is -2.36. The monoisotopic (exact) mass is 387 g/mol. The number of ether oxygens (including phenoxy) is 1. The van der Waals surface area contributed by atoms with Crippen LogP contribution in [0.2, 0.25) is 0 Å². The van der Waals surface area contributed by atoms with Gasteiger partial charge in [-0.1, -0.05) is 24.3 Å². The molecule has 2 aromatic rings. The second-order valence-electron chi connectivity index (χ2n) is 6.05. The minimum atomic E-state index is -0.418. The lowest BCUT2D eigenvalue weighted by molar-refractivity contribution is -0.387. The van der Waals surface area contributed by atoms with E-state index in [1.165, 1.54) is 17.8 Å². The number of nitro benzene ring substituents is 1. The Labute approximate surface area is 162 Å². The maximum absolute atomic E-state index is 12.5. The minimum absolute atomic E-state index is 0.00201. The first-order chi connectivity index (χ1) is 13.1. The molecular weight excluding hydrogens is 366 g/mol. The summed E-state index contributed by atoms with van der Waals surface area (Å²) >= 11 is 1.21. The molecule has 1 heterocycles. The number of rotatable bonds is 6. The number of nitro groups is 1. The number of hydrogen-bond acceptors (Lipinski definition) is 6. The normalized spacial score (nSPS) is 14.1. The first-order valence-electron chi connectivity index (χ1n) is 8.62. The number of methoxy groups -OCH3 is 1. The Bertz CT molecular complexity index is 822. The molecule has 0 unspecified atom stereocenters. The summed E-state index contributed by atoms with van der Waals surface area (Å²) in [7, 11) is 1.65. The molecule has 0 spiro atoms. The van der Waals surface area contributed by atoms with Crippen LogP contribution in [0.3, 0.4) is 0 Å². The van der Waals surface area contributed by atoms with Gasteiger partial charge in [0.1, 0.15) is 5.75 Å². The Morgan fingerprint density at radius 1 is 1.11 bits per heavy atom. The van der Waals surface area contributed by atoms with Crippen LogP contribution in [0.4, 0.5) is 11.4 Å². The van der Waals surface area contributed by atoms with Crippen LogP contribution in [0.15, 0.2) is 53.4 Å². The zero-order valence-corrected chi connectivity index (χ0v) is 15.9. The van der Waals surface area contributed by atoms with Gasteiger partial charge < -0.3 is 14.5 Å². The summed E-state index contributed by atoms with van der Waals surface area (Å²) in [6.45, 7) is 2.69. The molecule has 1 saturated heterocycles. The van der Waals surface area contributed by atoms with Gasteiger partial charge in [0.2, 0.25) is 5.91 Å². The quantitative estimate of drug-likeness (QED) is 0.431. The van der Waals surface area contributed by atoms with Crippen molar-refractivity contribution < 1.29 is 14.5 Å². The van der Waals surface area contributed by atoms with Crippen LogP contribution in [0, 0.1) is 10.1 Å². The molecular formula is C19H21N3O4S. The molecule has 0 saturated carbocycles. The average molecular weight is 387 g/mol. The van der Waals surface area contributed by atoms with Gasteiger partial charge >= 0.3 is 0 Å². The van der Waals surface area contributed by atoms with Gasteiger partial charge in [0.25, 0.3) is 5.69 Å². The van der Waals surface area contributed by atoms with E-state index < -0.39 is 4.92 Å². The molecule has 0 aliphatic carbocycles. The predicted molar refractivity (Wildman–Crippen MR) is 106 cm³/mol. The van der Waals surface area contributed by atoms with Gasteiger partial charge in [0, 0.05) is 32.2 Å². The zero-order valence-electron chi connectivity index (χ0n) is 15.0. The standard InChI is InChI=1S/C19H21N3O4S/c1-26-17-8-4-2-6-15(17)20-10-12-21(13-11-20)19(23)14-27-18-9-5-3-7-16(18)22(24)25/h2-9H,10-14H2,1H3. The van der Waals surface area contributed by atoms with Gasteiger partial charge in [-0.3, -0.25) is 14.9 Å². The highest BCUT2D eigenvalue weighted by Crippen LogP contribution is 2.30. The number of nitrogens with zero attached hydrogens (tertiary/aromatic N) is 3. The van der Waals surface area contributed by atoms with Gasteiger partial charge in [-0.2, -0.15) is 0 Å². The Kier molecular flexibility index (Phi) is 6.18. The molecule has 0 atom stereocenters. The van der Waals surface area contributed by atoms with Crippen molar-refractivity contribution in [1.82, 2.24) is 4.90 Å². The predicted octanol–water partition coefficient (Wildman–Crippen LogP) is 3.04. The number of anilines is 1. The molecule has 1 aliphatic rings. The first kappa shape index (κ1) is 19.0. The van der Waals surface area contributed by atoms with E-state index in [0.717, 1.165) is 24.5 Å². The van der Waals surface area contributed by atoms with Crippen molar-refractivity contribution in [3.8, 4) is 5.75 Å². The van der Waals surface area contributed by atoms with Crippen molar-refractivity contribution >= 4 is 29.0 Å². The molecule has 27 heavy (non-hydrogen) atoms. The Hall–Kier alpha value is -2.74. The van der Waals surface area contributed by atoms with Crippen LogP contribution in [-0.2, 0) is 4.79 Å². The second kappa shape index (κ2) is 8.77. The summed E-state index contributed by atoms with van der Waals surface area (Å²) in [5.41, 5.74) is 1.07. The Morgan fingerprint density at radius 2 is 1.78 bits per heavy atom. The number of carbonyl (C=O) groups is 1.